The number of hydrogen-bond acceptors (Lipinski definition) is 5. The van der Waals surface area contributed by atoms with E-state index in [9.17, 15) is 26.4 Å². The highest BCUT2D eigenvalue weighted by Gasteiger charge is 2.49. The van der Waals surface area contributed by atoms with Gasteiger partial charge in [0.15, 0.2) is 5.75 Å². The highest BCUT2D eigenvalue weighted by molar-refractivity contribution is 9.10. The molecule has 0 saturated heterocycles. The maximum atomic E-state index is 12.8. The lowest BCUT2D eigenvalue weighted by molar-refractivity contribution is -0.142. The third-order valence-electron chi connectivity index (χ3n) is 3.57. The second kappa shape index (κ2) is 7.43. The number of hydrogen-bond donors (Lipinski definition) is 0. The summed E-state index contributed by atoms with van der Waals surface area (Å²) in [6.45, 7) is 3.19. The SMILES string of the molecule is CCOC(=O)Cc1c(C)c(Br)c2ccccc2c1OS(=O)(=O)C(F)(F)F. The average Bonchev–Trinajstić information content (AvgIpc) is 2.55. The van der Waals surface area contributed by atoms with Gasteiger partial charge in [-0.25, -0.2) is 0 Å². The molecule has 2 rings (SSSR count). The maximum absolute atomic E-state index is 12.8. The minimum absolute atomic E-state index is 0.00171. The number of carbonyl (C=O) groups is 1. The van der Waals surface area contributed by atoms with Crippen LogP contribution in [0.3, 0.4) is 0 Å². The number of fused-ring (bicyclic) bond motifs is 1. The Morgan fingerprint density at radius 1 is 1.19 bits per heavy atom. The Kier molecular flexibility index (Phi) is 5.86. The first-order valence-electron chi connectivity index (χ1n) is 7.35. The third-order valence-corrected chi connectivity index (χ3v) is 5.54. The van der Waals surface area contributed by atoms with Gasteiger partial charge in [0.1, 0.15) is 0 Å². The molecule has 10 heteroatoms. The van der Waals surface area contributed by atoms with Crippen LogP contribution in [-0.4, -0.2) is 26.5 Å². The molecule has 0 fully saturated rings. The summed E-state index contributed by atoms with van der Waals surface area (Å²) in [6, 6.07) is 6.16. The van der Waals surface area contributed by atoms with E-state index in [0.29, 0.717) is 15.4 Å². The second-order valence-electron chi connectivity index (χ2n) is 5.26. The first kappa shape index (κ1) is 20.5. The van der Waals surface area contributed by atoms with Crippen LogP contribution < -0.4 is 4.18 Å². The average molecular weight is 455 g/mol. The first-order valence-corrected chi connectivity index (χ1v) is 9.55. The zero-order valence-electron chi connectivity index (χ0n) is 13.7. The molecule has 2 aromatic rings. The summed E-state index contributed by atoms with van der Waals surface area (Å²) in [5, 5.41) is 0.571. The molecule has 0 radical (unpaired) electrons. The van der Waals surface area contributed by atoms with Crippen molar-refractivity contribution < 1.29 is 35.3 Å². The fourth-order valence-corrected chi connectivity index (χ4v) is 3.45. The van der Waals surface area contributed by atoms with Crippen LogP contribution in [-0.2, 0) is 26.1 Å². The molecule has 0 spiro atoms. The van der Waals surface area contributed by atoms with Gasteiger partial charge in [0.05, 0.1) is 13.0 Å². The molecular formula is C16H14BrF3O5S. The molecule has 2 aromatic carbocycles. The van der Waals surface area contributed by atoms with Gasteiger partial charge < -0.3 is 8.92 Å². The number of halogens is 4. The van der Waals surface area contributed by atoms with Gasteiger partial charge in [-0.1, -0.05) is 24.3 Å². The van der Waals surface area contributed by atoms with E-state index >= 15 is 0 Å². The van der Waals surface area contributed by atoms with Crippen LogP contribution in [0, 0.1) is 6.92 Å². The van der Waals surface area contributed by atoms with Crippen molar-refractivity contribution in [1.29, 1.82) is 0 Å². The molecule has 0 saturated carbocycles. The van der Waals surface area contributed by atoms with Crippen molar-refractivity contribution in [2.24, 2.45) is 0 Å². The molecule has 0 aromatic heterocycles. The summed E-state index contributed by atoms with van der Waals surface area (Å²) in [4.78, 5) is 11.9. The van der Waals surface area contributed by atoms with Gasteiger partial charge in [0, 0.05) is 15.4 Å². The molecule has 142 valence electrons. The Hall–Kier alpha value is -1.81. The minimum Gasteiger partial charge on any atom is -0.466 e. The van der Waals surface area contributed by atoms with Gasteiger partial charge in [-0.15, -0.1) is 0 Å². The Labute approximate surface area is 156 Å². The van der Waals surface area contributed by atoms with E-state index in [2.05, 4.69) is 20.1 Å². The highest BCUT2D eigenvalue weighted by Crippen LogP contribution is 2.41. The number of benzene rings is 2. The molecule has 5 nitrogen and oxygen atoms in total. The summed E-state index contributed by atoms with van der Waals surface area (Å²) < 4.78 is 71.3. The standard InChI is InChI=1S/C16H14BrF3O5S/c1-3-24-13(21)8-12-9(2)14(17)10-6-4-5-7-11(10)15(12)25-26(22,23)16(18,19)20/h4-7H,3,8H2,1-2H3. The molecule has 0 aliphatic rings. The molecule has 0 atom stereocenters. The molecular weight excluding hydrogens is 441 g/mol. The van der Waals surface area contributed by atoms with Crippen molar-refractivity contribution in [2.75, 3.05) is 6.61 Å². The van der Waals surface area contributed by atoms with Crippen molar-refractivity contribution in [3.05, 3.63) is 39.9 Å². The fraction of sp³-hybridized carbons (Fsp3) is 0.312. The van der Waals surface area contributed by atoms with Crippen molar-refractivity contribution >= 4 is 42.8 Å². The van der Waals surface area contributed by atoms with Gasteiger partial charge in [-0.05, 0) is 40.7 Å². The third kappa shape index (κ3) is 3.96. The van der Waals surface area contributed by atoms with Gasteiger partial charge in [0.25, 0.3) is 0 Å². The lowest BCUT2D eigenvalue weighted by Gasteiger charge is -2.18. The summed E-state index contributed by atoms with van der Waals surface area (Å²) in [5.41, 5.74) is -5.22. The largest absolute Gasteiger partial charge is 0.534 e. The van der Waals surface area contributed by atoms with Crippen LogP contribution in [0.2, 0.25) is 0 Å². The molecule has 0 bridgehead atoms. The van der Waals surface area contributed by atoms with Crippen LogP contribution in [0.25, 0.3) is 10.8 Å². The minimum atomic E-state index is -5.91. The second-order valence-corrected chi connectivity index (χ2v) is 7.59. The van der Waals surface area contributed by atoms with Crippen LogP contribution in [0.5, 0.6) is 5.75 Å². The Balaban J connectivity index is 2.75. The summed E-state index contributed by atoms with van der Waals surface area (Å²) in [7, 11) is -5.91. The van der Waals surface area contributed by atoms with Crippen LogP contribution in [0.4, 0.5) is 13.2 Å². The number of esters is 1. The van der Waals surface area contributed by atoms with E-state index < -0.39 is 33.8 Å². The van der Waals surface area contributed by atoms with Gasteiger partial charge >= 0.3 is 21.6 Å². The molecule has 0 amide bonds. The van der Waals surface area contributed by atoms with E-state index in [1.807, 2.05) is 0 Å². The molecule has 0 N–H and O–H groups in total. The lowest BCUT2D eigenvalue weighted by Crippen LogP contribution is -2.28. The van der Waals surface area contributed by atoms with Crippen LogP contribution in [0.1, 0.15) is 18.1 Å². The summed E-state index contributed by atoms with van der Waals surface area (Å²) in [6.07, 6.45) is -0.439. The molecule has 26 heavy (non-hydrogen) atoms. The van der Waals surface area contributed by atoms with Crippen molar-refractivity contribution in [1.82, 2.24) is 0 Å². The van der Waals surface area contributed by atoms with Crippen LogP contribution in [0.15, 0.2) is 28.7 Å². The van der Waals surface area contributed by atoms with Crippen molar-refractivity contribution in [2.45, 2.75) is 25.8 Å². The summed E-state index contributed by atoms with van der Waals surface area (Å²) >= 11 is 3.33. The first-order chi connectivity index (χ1) is 12.0. The number of ether oxygens (including phenoxy) is 1. The van der Waals surface area contributed by atoms with Crippen molar-refractivity contribution in [3.8, 4) is 5.75 Å². The van der Waals surface area contributed by atoms with E-state index in [1.165, 1.54) is 19.1 Å². The quantitative estimate of drug-likeness (QED) is 0.383. The van der Waals surface area contributed by atoms with E-state index in [0.717, 1.165) is 0 Å². The fourth-order valence-electron chi connectivity index (χ4n) is 2.36. The zero-order valence-corrected chi connectivity index (χ0v) is 16.1. The predicted molar refractivity (Wildman–Crippen MR) is 92.3 cm³/mol. The molecule has 0 unspecified atom stereocenters. The van der Waals surface area contributed by atoms with Gasteiger partial charge in [-0.2, -0.15) is 21.6 Å². The van der Waals surface area contributed by atoms with E-state index in [1.54, 1.807) is 19.1 Å². The lowest BCUT2D eigenvalue weighted by atomic mass is 9.98. The molecule has 0 aliphatic carbocycles. The number of rotatable bonds is 5. The Bertz CT molecular complexity index is 954. The summed E-state index contributed by atoms with van der Waals surface area (Å²) in [5.74, 6) is -1.25. The smallest absolute Gasteiger partial charge is 0.466 e. The molecule has 0 heterocycles. The topological polar surface area (TPSA) is 69.7 Å². The molecule has 0 aliphatic heterocycles. The van der Waals surface area contributed by atoms with Gasteiger partial charge in [0.2, 0.25) is 0 Å². The van der Waals surface area contributed by atoms with E-state index in [4.69, 9.17) is 4.74 Å². The Morgan fingerprint density at radius 3 is 2.31 bits per heavy atom. The highest BCUT2D eigenvalue weighted by atomic mass is 79.9. The Morgan fingerprint density at radius 2 is 1.77 bits per heavy atom. The normalized spacial score (nSPS) is 12.2. The zero-order chi connectivity index (χ0) is 19.7. The number of carbonyl (C=O) groups excluding carboxylic acids is 1. The van der Waals surface area contributed by atoms with Crippen molar-refractivity contribution in [3.63, 3.8) is 0 Å². The number of alkyl halides is 3. The van der Waals surface area contributed by atoms with Crippen LogP contribution >= 0.6 is 15.9 Å². The van der Waals surface area contributed by atoms with Gasteiger partial charge in [-0.3, -0.25) is 4.79 Å². The monoisotopic (exact) mass is 454 g/mol. The maximum Gasteiger partial charge on any atom is 0.534 e. The predicted octanol–water partition coefficient (Wildman–Crippen LogP) is 4.24. The van der Waals surface area contributed by atoms with E-state index in [-0.39, 0.29) is 17.6 Å².